The summed E-state index contributed by atoms with van der Waals surface area (Å²) in [6.07, 6.45) is 4.74. The number of hydrogen-bond donors (Lipinski definition) is 2. The van der Waals surface area contributed by atoms with Gasteiger partial charge in [0.25, 0.3) is 0 Å². The summed E-state index contributed by atoms with van der Waals surface area (Å²) in [6.45, 7) is 2.11. The third kappa shape index (κ3) is 3.58. The van der Waals surface area contributed by atoms with Crippen LogP contribution in [0.25, 0.3) is 33.4 Å². The van der Waals surface area contributed by atoms with E-state index in [4.69, 9.17) is 32.7 Å². The van der Waals surface area contributed by atoms with Crippen molar-refractivity contribution >= 4 is 34.1 Å². The number of ether oxygens (including phenoxy) is 2. The zero-order valence-corrected chi connectivity index (χ0v) is 18.0. The molecule has 0 fully saturated rings. The summed E-state index contributed by atoms with van der Waals surface area (Å²) in [5.74, 6) is 0.872. The Hall–Kier alpha value is -2.81. The number of hydrogen-bond acceptors (Lipinski definition) is 6. The molecule has 0 bridgehead atoms. The molecule has 3 aromatic heterocycles. The first-order valence-electron chi connectivity index (χ1n) is 9.08. The second kappa shape index (κ2) is 8.14. The molecule has 0 aliphatic carbocycles. The Balaban J connectivity index is 1.79. The van der Waals surface area contributed by atoms with E-state index in [1.807, 2.05) is 12.3 Å². The lowest BCUT2D eigenvalue weighted by Crippen LogP contribution is -2.11. The van der Waals surface area contributed by atoms with Crippen LogP contribution in [0.3, 0.4) is 0 Å². The molecule has 10 heteroatoms. The molecule has 4 aromatic rings. The molecule has 0 unspecified atom stereocenters. The van der Waals surface area contributed by atoms with Crippen LogP contribution in [0.5, 0.6) is 11.5 Å². The number of nitrogens with zero attached hydrogens (tertiary/aromatic N) is 4. The molecular formula is C20H19Cl2N5O3. The van der Waals surface area contributed by atoms with E-state index in [1.54, 1.807) is 30.1 Å². The molecule has 8 nitrogen and oxygen atoms in total. The molecule has 0 saturated carbocycles. The predicted molar refractivity (Wildman–Crippen MR) is 115 cm³/mol. The minimum Gasteiger partial charge on any atom is -0.495 e. The Morgan fingerprint density at radius 3 is 2.47 bits per heavy atom. The summed E-state index contributed by atoms with van der Waals surface area (Å²) < 4.78 is 12.3. The lowest BCUT2D eigenvalue weighted by Gasteiger charge is -2.14. The molecule has 0 aliphatic heterocycles. The highest BCUT2D eigenvalue weighted by Gasteiger charge is 2.21. The van der Waals surface area contributed by atoms with Gasteiger partial charge in [-0.25, -0.2) is 0 Å². The second-order valence-electron chi connectivity index (χ2n) is 6.77. The average molecular weight is 448 g/mol. The van der Waals surface area contributed by atoms with Crippen molar-refractivity contribution in [3.8, 4) is 34.0 Å². The highest BCUT2D eigenvalue weighted by atomic mass is 35.5. The van der Waals surface area contributed by atoms with Crippen molar-refractivity contribution in [2.24, 2.45) is 0 Å². The number of fused-ring (bicyclic) bond motifs is 1. The van der Waals surface area contributed by atoms with Gasteiger partial charge in [0.1, 0.15) is 17.2 Å². The number of nitrogens with one attached hydrogen (secondary N) is 1. The summed E-state index contributed by atoms with van der Waals surface area (Å²) in [7, 11) is 3.04. The summed E-state index contributed by atoms with van der Waals surface area (Å²) in [4.78, 5) is 4.56. The molecule has 156 valence electrons. The highest BCUT2D eigenvalue weighted by Crippen LogP contribution is 2.45. The lowest BCUT2D eigenvalue weighted by molar-refractivity contribution is 0.168. The monoisotopic (exact) mass is 447 g/mol. The molecule has 30 heavy (non-hydrogen) atoms. The van der Waals surface area contributed by atoms with E-state index in [1.165, 1.54) is 14.2 Å². The number of aliphatic hydroxyl groups excluding tert-OH is 1. The van der Waals surface area contributed by atoms with Crippen molar-refractivity contribution in [1.82, 2.24) is 25.0 Å². The number of pyridine rings is 1. The van der Waals surface area contributed by atoms with Crippen molar-refractivity contribution in [3.05, 3.63) is 40.8 Å². The SMILES string of the molecule is COc1cc(OC)c(Cl)c(-c2cc3[nH]nc(-c4cnn(C[C@H](C)O)c4)c3cn2)c1Cl. The fraction of sp³-hybridized carbons (Fsp3) is 0.250. The van der Waals surface area contributed by atoms with Crippen LogP contribution in [0, 0.1) is 0 Å². The van der Waals surface area contributed by atoms with Crippen LogP contribution in [0.1, 0.15) is 6.92 Å². The van der Waals surface area contributed by atoms with Gasteiger partial charge in [-0.1, -0.05) is 23.2 Å². The Bertz CT molecular complexity index is 1190. The van der Waals surface area contributed by atoms with Crippen molar-refractivity contribution in [2.45, 2.75) is 19.6 Å². The number of aromatic amines is 1. The largest absolute Gasteiger partial charge is 0.495 e. The molecule has 1 aromatic carbocycles. The van der Waals surface area contributed by atoms with Crippen LogP contribution in [0.4, 0.5) is 0 Å². The van der Waals surface area contributed by atoms with Gasteiger partial charge in [-0.15, -0.1) is 0 Å². The van der Waals surface area contributed by atoms with E-state index in [0.717, 1.165) is 16.5 Å². The maximum Gasteiger partial charge on any atom is 0.141 e. The van der Waals surface area contributed by atoms with Crippen molar-refractivity contribution in [2.75, 3.05) is 14.2 Å². The van der Waals surface area contributed by atoms with Gasteiger partial charge in [0.05, 0.1) is 54.3 Å². The predicted octanol–water partition coefficient (Wildman–Crippen LogP) is 4.19. The van der Waals surface area contributed by atoms with Crippen molar-refractivity contribution in [3.63, 3.8) is 0 Å². The number of rotatable bonds is 6. The van der Waals surface area contributed by atoms with E-state index in [9.17, 15) is 5.11 Å². The van der Waals surface area contributed by atoms with Gasteiger partial charge in [0.15, 0.2) is 0 Å². The standard InChI is InChI=1S/C20H19Cl2N5O3/c1-10(28)8-27-9-11(6-24-27)20-12-7-23-14(4-13(12)25-26-20)17-18(21)15(29-2)5-16(30-3)19(17)22/h4-7,9-10,28H,8H2,1-3H3,(H,25,26)/t10-/m0/s1. The van der Waals surface area contributed by atoms with Crippen LogP contribution in [-0.2, 0) is 6.54 Å². The van der Waals surface area contributed by atoms with Crippen LogP contribution < -0.4 is 9.47 Å². The minimum absolute atomic E-state index is 0.342. The highest BCUT2D eigenvalue weighted by molar-refractivity contribution is 6.41. The molecule has 1 atom stereocenters. The Labute approximate surface area is 182 Å². The lowest BCUT2D eigenvalue weighted by atomic mass is 10.1. The summed E-state index contributed by atoms with van der Waals surface area (Å²) in [5.41, 5.74) is 3.34. The average Bonchev–Trinajstić information content (AvgIpc) is 3.34. The molecule has 0 aliphatic rings. The molecule has 0 amide bonds. The van der Waals surface area contributed by atoms with Crippen LogP contribution in [-0.4, -0.2) is 50.4 Å². The van der Waals surface area contributed by atoms with E-state index in [2.05, 4.69) is 20.3 Å². The summed E-state index contributed by atoms with van der Waals surface area (Å²) in [5, 5.41) is 22.7. The topological polar surface area (TPSA) is 98.1 Å². The van der Waals surface area contributed by atoms with E-state index in [0.29, 0.717) is 45.0 Å². The first-order valence-corrected chi connectivity index (χ1v) is 9.83. The summed E-state index contributed by atoms with van der Waals surface area (Å²) in [6, 6.07) is 3.45. The number of methoxy groups -OCH3 is 2. The van der Waals surface area contributed by atoms with Gasteiger partial charge >= 0.3 is 0 Å². The Morgan fingerprint density at radius 1 is 1.13 bits per heavy atom. The van der Waals surface area contributed by atoms with Crippen molar-refractivity contribution in [1.29, 1.82) is 0 Å². The van der Waals surface area contributed by atoms with Crippen LogP contribution in [0.15, 0.2) is 30.7 Å². The normalized spacial score (nSPS) is 12.3. The Morgan fingerprint density at radius 2 is 1.83 bits per heavy atom. The number of halogens is 2. The molecule has 0 spiro atoms. The summed E-state index contributed by atoms with van der Waals surface area (Å²) >= 11 is 13.0. The van der Waals surface area contributed by atoms with Gasteiger partial charge in [0, 0.05) is 35.0 Å². The van der Waals surface area contributed by atoms with Crippen LogP contribution in [0.2, 0.25) is 10.0 Å². The first-order chi connectivity index (χ1) is 14.4. The third-order valence-corrected chi connectivity index (χ3v) is 5.39. The maximum atomic E-state index is 9.54. The van der Waals surface area contributed by atoms with Crippen molar-refractivity contribution < 1.29 is 14.6 Å². The molecule has 0 radical (unpaired) electrons. The number of H-pyrrole nitrogens is 1. The fourth-order valence-corrected chi connectivity index (χ4v) is 3.93. The van der Waals surface area contributed by atoms with E-state index >= 15 is 0 Å². The van der Waals surface area contributed by atoms with E-state index in [-0.39, 0.29) is 0 Å². The second-order valence-corrected chi connectivity index (χ2v) is 7.53. The molecule has 2 N–H and O–H groups in total. The molecule has 3 heterocycles. The number of benzene rings is 1. The number of aromatic nitrogens is 5. The molecular weight excluding hydrogens is 429 g/mol. The maximum absolute atomic E-state index is 9.54. The Kier molecular flexibility index (Phi) is 5.55. The van der Waals surface area contributed by atoms with Gasteiger partial charge in [-0.2, -0.15) is 10.2 Å². The molecule has 4 rings (SSSR count). The first kappa shape index (κ1) is 20.5. The van der Waals surface area contributed by atoms with Crippen LogP contribution >= 0.6 is 23.2 Å². The third-order valence-electron chi connectivity index (χ3n) is 4.64. The zero-order chi connectivity index (χ0) is 21.4. The minimum atomic E-state index is -0.493. The zero-order valence-electron chi connectivity index (χ0n) is 16.5. The fourth-order valence-electron chi connectivity index (χ4n) is 3.24. The molecule has 0 saturated heterocycles. The van der Waals surface area contributed by atoms with E-state index < -0.39 is 6.10 Å². The quantitative estimate of drug-likeness (QED) is 0.459. The van der Waals surface area contributed by atoms with Gasteiger partial charge in [0.2, 0.25) is 0 Å². The number of aliphatic hydroxyl groups is 1. The smallest absolute Gasteiger partial charge is 0.141 e. The van der Waals surface area contributed by atoms with Gasteiger partial charge in [-0.05, 0) is 13.0 Å². The van der Waals surface area contributed by atoms with Gasteiger partial charge < -0.3 is 14.6 Å². The van der Waals surface area contributed by atoms with Gasteiger partial charge in [-0.3, -0.25) is 14.8 Å².